The summed E-state index contributed by atoms with van der Waals surface area (Å²) in [6.07, 6.45) is -1.19. The molecule has 0 saturated heterocycles. The lowest BCUT2D eigenvalue weighted by Crippen LogP contribution is -2.36. The number of carbonyl (C=O) groups is 1. The Bertz CT molecular complexity index is 1100. The number of urea groups is 1. The van der Waals surface area contributed by atoms with Crippen molar-refractivity contribution in [1.29, 1.82) is 0 Å². The SMILES string of the molecule is O=C(Nc1ccc(F)cn1)N1CCCCc2ccc(-c3cccc(C(F)(F)F)c3)nc21. The van der Waals surface area contributed by atoms with Gasteiger partial charge < -0.3 is 0 Å². The van der Waals surface area contributed by atoms with Crippen LogP contribution >= 0.6 is 0 Å². The highest BCUT2D eigenvalue weighted by Gasteiger charge is 2.31. The maximum absolute atomic E-state index is 13.1. The molecular formula is C22H18F4N4O. The number of nitrogens with zero attached hydrogens (tertiary/aromatic N) is 3. The minimum absolute atomic E-state index is 0.186. The highest BCUT2D eigenvalue weighted by atomic mass is 19.4. The molecule has 3 heterocycles. The summed E-state index contributed by atoms with van der Waals surface area (Å²) in [4.78, 5) is 22.7. The Kier molecular flexibility index (Phi) is 5.58. The lowest BCUT2D eigenvalue weighted by molar-refractivity contribution is -0.137. The van der Waals surface area contributed by atoms with E-state index < -0.39 is 23.6 Å². The number of pyridine rings is 2. The minimum atomic E-state index is -4.46. The average Bonchev–Trinajstić information content (AvgIpc) is 2.97. The molecular weight excluding hydrogens is 412 g/mol. The van der Waals surface area contributed by atoms with E-state index in [0.29, 0.717) is 30.0 Å². The number of rotatable bonds is 2. The molecule has 1 aliphatic heterocycles. The van der Waals surface area contributed by atoms with Crippen LogP contribution in [0.25, 0.3) is 11.3 Å². The molecule has 4 rings (SSSR count). The number of amides is 2. The molecule has 1 N–H and O–H groups in total. The maximum atomic E-state index is 13.1. The Morgan fingerprint density at radius 2 is 1.90 bits per heavy atom. The number of carbonyl (C=O) groups excluding carboxylic acids is 1. The van der Waals surface area contributed by atoms with Gasteiger partial charge in [0.25, 0.3) is 0 Å². The molecule has 2 amide bonds. The first kappa shape index (κ1) is 20.8. The number of hydrogen-bond acceptors (Lipinski definition) is 3. The maximum Gasteiger partial charge on any atom is 0.416 e. The third-order valence-corrected chi connectivity index (χ3v) is 4.98. The third-order valence-electron chi connectivity index (χ3n) is 4.98. The normalized spacial score (nSPS) is 14.0. The van der Waals surface area contributed by atoms with Crippen molar-refractivity contribution in [3.63, 3.8) is 0 Å². The first-order valence-electron chi connectivity index (χ1n) is 9.69. The number of aromatic nitrogens is 2. The van der Waals surface area contributed by atoms with Gasteiger partial charge in [-0.25, -0.2) is 19.2 Å². The van der Waals surface area contributed by atoms with Crippen molar-refractivity contribution >= 4 is 17.7 Å². The zero-order valence-electron chi connectivity index (χ0n) is 16.3. The quantitative estimate of drug-likeness (QED) is 0.533. The summed E-state index contributed by atoms with van der Waals surface area (Å²) in [6, 6.07) is 10.4. The molecule has 31 heavy (non-hydrogen) atoms. The van der Waals surface area contributed by atoms with Gasteiger partial charge in [-0.3, -0.25) is 10.2 Å². The third kappa shape index (κ3) is 4.65. The largest absolute Gasteiger partial charge is 0.416 e. The first-order chi connectivity index (χ1) is 14.8. The van der Waals surface area contributed by atoms with E-state index in [9.17, 15) is 22.4 Å². The fourth-order valence-electron chi connectivity index (χ4n) is 3.44. The van der Waals surface area contributed by atoms with Crippen LogP contribution in [-0.4, -0.2) is 22.5 Å². The molecule has 0 spiro atoms. The van der Waals surface area contributed by atoms with E-state index in [1.165, 1.54) is 23.1 Å². The summed E-state index contributed by atoms with van der Waals surface area (Å²) < 4.78 is 52.4. The van der Waals surface area contributed by atoms with E-state index in [1.807, 2.05) is 0 Å². The molecule has 1 aromatic carbocycles. The van der Waals surface area contributed by atoms with Gasteiger partial charge in [-0.1, -0.05) is 18.2 Å². The summed E-state index contributed by atoms with van der Waals surface area (Å²) in [6.45, 7) is 0.388. The summed E-state index contributed by atoms with van der Waals surface area (Å²) in [7, 11) is 0. The van der Waals surface area contributed by atoms with E-state index in [2.05, 4.69) is 15.3 Å². The predicted octanol–water partition coefficient (Wildman–Crippen LogP) is 5.68. The molecule has 0 bridgehead atoms. The van der Waals surface area contributed by atoms with Gasteiger partial charge in [0.1, 0.15) is 17.5 Å². The zero-order chi connectivity index (χ0) is 22.0. The fraction of sp³-hybridized carbons (Fsp3) is 0.227. The number of fused-ring (bicyclic) bond motifs is 1. The van der Waals surface area contributed by atoms with Crippen LogP contribution in [0.15, 0.2) is 54.7 Å². The highest BCUT2D eigenvalue weighted by Crippen LogP contribution is 2.33. The Morgan fingerprint density at radius 3 is 2.65 bits per heavy atom. The van der Waals surface area contributed by atoms with E-state index >= 15 is 0 Å². The molecule has 1 aliphatic rings. The van der Waals surface area contributed by atoms with Gasteiger partial charge in [-0.05, 0) is 55.2 Å². The van der Waals surface area contributed by atoms with E-state index in [4.69, 9.17) is 0 Å². The topological polar surface area (TPSA) is 58.1 Å². The lowest BCUT2D eigenvalue weighted by atomic mass is 10.0. The number of hydrogen-bond donors (Lipinski definition) is 1. The molecule has 0 aliphatic carbocycles. The van der Waals surface area contributed by atoms with E-state index in [-0.39, 0.29) is 5.82 Å². The van der Waals surface area contributed by atoms with Crippen molar-refractivity contribution < 1.29 is 22.4 Å². The number of anilines is 2. The highest BCUT2D eigenvalue weighted by molar-refractivity contribution is 6.01. The Balaban J connectivity index is 1.68. The van der Waals surface area contributed by atoms with E-state index in [0.717, 1.165) is 36.7 Å². The summed E-state index contributed by atoms with van der Waals surface area (Å²) in [5.41, 5.74) is 0.709. The molecule has 2 aromatic heterocycles. The molecule has 0 radical (unpaired) electrons. The van der Waals surface area contributed by atoms with Crippen LogP contribution in [-0.2, 0) is 12.6 Å². The number of halogens is 4. The number of nitrogens with one attached hydrogen (secondary N) is 1. The minimum Gasteiger partial charge on any atom is -0.292 e. The monoisotopic (exact) mass is 430 g/mol. The van der Waals surface area contributed by atoms with Crippen molar-refractivity contribution in [3.05, 3.63) is 71.7 Å². The Morgan fingerprint density at radius 1 is 1.06 bits per heavy atom. The average molecular weight is 430 g/mol. The smallest absolute Gasteiger partial charge is 0.292 e. The van der Waals surface area contributed by atoms with Gasteiger partial charge in [0.15, 0.2) is 0 Å². The van der Waals surface area contributed by atoms with Gasteiger partial charge in [0.2, 0.25) is 0 Å². The lowest BCUT2D eigenvalue weighted by Gasteiger charge is -2.22. The second kappa shape index (κ2) is 8.33. The van der Waals surface area contributed by atoms with Gasteiger partial charge in [-0.2, -0.15) is 13.2 Å². The molecule has 9 heteroatoms. The number of benzene rings is 1. The standard InChI is InChI=1S/C22H18F4N4O/c23-17-8-10-19(27-13-17)29-21(31)30-11-2-1-4-14-7-9-18(28-20(14)30)15-5-3-6-16(12-15)22(24,25)26/h3,5-10,12-13H,1-2,4,11H2,(H,27,29,31). The molecule has 5 nitrogen and oxygen atoms in total. The van der Waals surface area contributed by atoms with Gasteiger partial charge >= 0.3 is 12.2 Å². The second-order valence-corrected chi connectivity index (χ2v) is 7.16. The summed E-state index contributed by atoms with van der Waals surface area (Å²) in [5, 5.41) is 2.62. The second-order valence-electron chi connectivity index (χ2n) is 7.16. The molecule has 0 saturated carbocycles. The van der Waals surface area contributed by atoms with Gasteiger partial charge in [0.05, 0.1) is 17.5 Å². The van der Waals surface area contributed by atoms with Crippen LogP contribution in [0.3, 0.4) is 0 Å². The van der Waals surface area contributed by atoms with Gasteiger partial charge in [0, 0.05) is 12.1 Å². The van der Waals surface area contributed by atoms with Crippen LogP contribution in [0.2, 0.25) is 0 Å². The number of aryl methyl sites for hydroxylation is 1. The Labute approximate surface area is 175 Å². The molecule has 3 aromatic rings. The van der Waals surface area contributed by atoms with Crippen molar-refractivity contribution in [2.75, 3.05) is 16.8 Å². The van der Waals surface area contributed by atoms with Crippen LogP contribution < -0.4 is 10.2 Å². The number of alkyl halides is 3. The first-order valence-corrected chi connectivity index (χ1v) is 9.69. The van der Waals surface area contributed by atoms with Crippen LogP contribution in [0.1, 0.15) is 24.0 Å². The van der Waals surface area contributed by atoms with Crippen LogP contribution in [0.5, 0.6) is 0 Å². The van der Waals surface area contributed by atoms with Crippen molar-refractivity contribution in [2.45, 2.75) is 25.4 Å². The summed E-state index contributed by atoms with van der Waals surface area (Å²) in [5.74, 6) is 0.0590. The van der Waals surface area contributed by atoms with Crippen LogP contribution in [0, 0.1) is 5.82 Å². The van der Waals surface area contributed by atoms with Crippen molar-refractivity contribution in [1.82, 2.24) is 9.97 Å². The van der Waals surface area contributed by atoms with Gasteiger partial charge in [-0.15, -0.1) is 0 Å². The fourth-order valence-corrected chi connectivity index (χ4v) is 3.44. The predicted molar refractivity (Wildman–Crippen MR) is 108 cm³/mol. The zero-order valence-corrected chi connectivity index (χ0v) is 16.3. The van der Waals surface area contributed by atoms with Crippen molar-refractivity contribution in [3.8, 4) is 11.3 Å². The van der Waals surface area contributed by atoms with E-state index in [1.54, 1.807) is 18.2 Å². The molecule has 0 unspecified atom stereocenters. The van der Waals surface area contributed by atoms with Crippen molar-refractivity contribution in [2.24, 2.45) is 0 Å². The molecule has 0 fully saturated rings. The summed E-state index contributed by atoms with van der Waals surface area (Å²) >= 11 is 0. The molecule has 0 atom stereocenters. The van der Waals surface area contributed by atoms with Crippen LogP contribution in [0.4, 0.5) is 34.0 Å². The molecule has 160 valence electrons. The Hall–Kier alpha value is -3.49.